The molecular formula is C57H101NO13. The highest BCUT2D eigenvalue weighted by Gasteiger charge is 2.51. The molecule has 0 aromatic rings. The average molecular weight is 1010 g/mol. The van der Waals surface area contributed by atoms with Gasteiger partial charge in [0.05, 0.1) is 32.0 Å². The van der Waals surface area contributed by atoms with Crippen molar-refractivity contribution in [3.8, 4) is 0 Å². The maximum absolute atomic E-state index is 13.2. The number of ether oxygens (including phenoxy) is 4. The van der Waals surface area contributed by atoms with Gasteiger partial charge in [-0.25, -0.2) is 0 Å². The maximum Gasteiger partial charge on any atom is 0.220 e. The van der Waals surface area contributed by atoms with Crippen molar-refractivity contribution in [2.24, 2.45) is 0 Å². The fourth-order valence-corrected chi connectivity index (χ4v) is 8.93. The Morgan fingerprint density at radius 3 is 1.49 bits per heavy atom. The first-order valence-corrected chi connectivity index (χ1v) is 28.0. The molecule has 2 saturated heterocycles. The highest BCUT2D eigenvalue weighted by atomic mass is 16.7. The van der Waals surface area contributed by atoms with Gasteiger partial charge in [0.25, 0.3) is 0 Å². The molecule has 2 aliphatic heterocycles. The first-order chi connectivity index (χ1) is 34.6. The van der Waals surface area contributed by atoms with Crippen LogP contribution in [0.15, 0.2) is 60.8 Å². The second-order valence-corrected chi connectivity index (χ2v) is 19.7. The molecule has 14 heteroatoms. The van der Waals surface area contributed by atoms with Crippen LogP contribution >= 0.6 is 0 Å². The molecule has 9 N–H and O–H groups in total. The molecule has 2 aliphatic rings. The van der Waals surface area contributed by atoms with Crippen molar-refractivity contribution in [2.45, 2.75) is 274 Å². The third-order valence-corrected chi connectivity index (χ3v) is 13.5. The van der Waals surface area contributed by atoms with E-state index in [9.17, 15) is 45.6 Å². The molecule has 2 heterocycles. The summed E-state index contributed by atoms with van der Waals surface area (Å²) in [6.45, 7) is 2.65. The molecule has 14 nitrogen and oxygen atoms in total. The normalized spacial score (nSPS) is 26.2. The van der Waals surface area contributed by atoms with E-state index in [1.807, 2.05) is 6.08 Å². The van der Waals surface area contributed by atoms with Gasteiger partial charge in [-0.3, -0.25) is 4.79 Å². The zero-order valence-corrected chi connectivity index (χ0v) is 43.9. The zero-order valence-electron chi connectivity index (χ0n) is 43.9. The van der Waals surface area contributed by atoms with Crippen molar-refractivity contribution in [1.29, 1.82) is 0 Å². The molecule has 1 amide bonds. The van der Waals surface area contributed by atoms with Crippen LogP contribution in [-0.2, 0) is 23.7 Å². The average Bonchev–Trinajstić information content (AvgIpc) is 3.37. The maximum atomic E-state index is 13.2. The number of rotatable bonds is 43. The van der Waals surface area contributed by atoms with E-state index in [1.54, 1.807) is 6.08 Å². The largest absolute Gasteiger partial charge is 0.394 e. The molecule has 2 rings (SSSR count). The molecule has 2 fully saturated rings. The highest BCUT2D eigenvalue weighted by molar-refractivity contribution is 5.76. The van der Waals surface area contributed by atoms with Crippen LogP contribution < -0.4 is 5.32 Å². The zero-order chi connectivity index (χ0) is 51.7. The van der Waals surface area contributed by atoms with Gasteiger partial charge in [0.2, 0.25) is 5.91 Å². The number of amides is 1. The van der Waals surface area contributed by atoms with E-state index < -0.39 is 86.8 Å². The highest BCUT2D eigenvalue weighted by Crippen LogP contribution is 2.30. The van der Waals surface area contributed by atoms with E-state index in [0.29, 0.717) is 6.42 Å². The molecule has 0 radical (unpaired) electrons. The molecule has 0 bridgehead atoms. The lowest BCUT2D eigenvalue weighted by atomic mass is 9.97. The van der Waals surface area contributed by atoms with Crippen molar-refractivity contribution in [2.75, 3.05) is 19.8 Å². The second-order valence-electron chi connectivity index (χ2n) is 19.7. The van der Waals surface area contributed by atoms with Gasteiger partial charge in [-0.1, -0.05) is 197 Å². The molecule has 0 spiro atoms. The standard InChI is InChI=1S/C57H101NO13/c1-3-5-7-9-11-13-15-17-19-20-21-22-23-24-25-27-28-30-32-34-36-38-40-46(61)45(58-49(62)41-39-37-35-33-31-29-26-18-16-14-12-10-8-6-4-2)44-68-56-54(67)52(65)55(48(43-60)70-56)71-57-53(66)51(64)50(63)47(42-59)69-57/h6,8,12,14,18,26,31,33,38,40,45-48,50-57,59-61,63-67H,3-5,7,9-11,13,15-17,19-25,27-30,32,34-37,39,41-44H2,1-2H3,(H,58,62)/b8-6-,14-12-,26-18-,33-31-,40-38+. The van der Waals surface area contributed by atoms with Gasteiger partial charge in [-0.15, -0.1) is 0 Å². The fourth-order valence-electron chi connectivity index (χ4n) is 8.93. The van der Waals surface area contributed by atoms with Crippen molar-refractivity contribution < 1.29 is 64.6 Å². The molecule has 12 unspecified atom stereocenters. The lowest BCUT2D eigenvalue weighted by Gasteiger charge is -2.46. The van der Waals surface area contributed by atoms with Crippen LogP contribution in [0.3, 0.4) is 0 Å². The minimum absolute atomic E-state index is 0.227. The van der Waals surface area contributed by atoms with E-state index in [0.717, 1.165) is 57.8 Å². The summed E-state index contributed by atoms with van der Waals surface area (Å²) in [4.78, 5) is 13.2. The minimum atomic E-state index is -1.79. The Labute approximate surface area is 428 Å². The van der Waals surface area contributed by atoms with E-state index in [4.69, 9.17) is 18.9 Å². The predicted octanol–water partition coefficient (Wildman–Crippen LogP) is 8.61. The topological polar surface area (TPSA) is 228 Å². The van der Waals surface area contributed by atoms with Crippen LogP contribution in [0, 0.1) is 0 Å². The Hall–Kier alpha value is -2.31. The van der Waals surface area contributed by atoms with Crippen molar-refractivity contribution >= 4 is 5.91 Å². The van der Waals surface area contributed by atoms with Gasteiger partial charge in [0.15, 0.2) is 12.6 Å². The number of nitrogens with one attached hydrogen (secondary N) is 1. The summed E-state index contributed by atoms with van der Waals surface area (Å²) >= 11 is 0. The predicted molar refractivity (Wildman–Crippen MR) is 281 cm³/mol. The summed E-state index contributed by atoms with van der Waals surface area (Å²) in [5, 5.41) is 86.9. The Kier molecular flexibility index (Phi) is 39.2. The third-order valence-electron chi connectivity index (χ3n) is 13.5. The van der Waals surface area contributed by atoms with Gasteiger partial charge in [0, 0.05) is 6.42 Å². The lowest BCUT2D eigenvalue weighted by Crippen LogP contribution is -2.65. The number of carbonyl (C=O) groups is 1. The van der Waals surface area contributed by atoms with Gasteiger partial charge in [0.1, 0.15) is 48.8 Å². The number of hydrogen-bond acceptors (Lipinski definition) is 13. The first kappa shape index (κ1) is 64.8. The lowest BCUT2D eigenvalue weighted by molar-refractivity contribution is -0.359. The van der Waals surface area contributed by atoms with E-state index >= 15 is 0 Å². The summed E-state index contributed by atoms with van der Waals surface area (Å²) in [5.41, 5.74) is 0. The fraction of sp³-hybridized carbons (Fsp3) is 0.807. The second kappa shape index (κ2) is 43.0. The Balaban J connectivity index is 1.81. The Morgan fingerprint density at radius 1 is 0.521 bits per heavy atom. The van der Waals surface area contributed by atoms with E-state index in [1.165, 1.54) is 116 Å². The van der Waals surface area contributed by atoms with Gasteiger partial charge in [-0.2, -0.15) is 0 Å². The molecule has 0 aromatic heterocycles. The smallest absolute Gasteiger partial charge is 0.220 e. The molecule has 0 aromatic carbocycles. The summed E-state index contributed by atoms with van der Waals surface area (Å²) in [6, 6.07) is -0.938. The first-order valence-electron chi connectivity index (χ1n) is 28.0. The van der Waals surface area contributed by atoms with Crippen molar-refractivity contribution in [3.63, 3.8) is 0 Å². The van der Waals surface area contributed by atoms with E-state index in [2.05, 4.69) is 67.8 Å². The summed E-state index contributed by atoms with van der Waals surface area (Å²) in [5.74, 6) is -0.281. The third kappa shape index (κ3) is 29.4. The van der Waals surface area contributed by atoms with Crippen LogP contribution in [0.25, 0.3) is 0 Å². The molecule has 0 saturated carbocycles. The van der Waals surface area contributed by atoms with Crippen LogP contribution in [0.2, 0.25) is 0 Å². The van der Waals surface area contributed by atoms with Gasteiger partial charge < -0.3 is 65.1 Å². The van der Waals surface area contributed by atoms with Crippen LogP contribution in [0.4, 0.5) is 0 Å². The van der Waals surface area contributed by atoms with Gasteiger partial charge in [-0.05, 0) is 57.8 Å². The number of hydrogen-bond donors (Lipinski definition) is 9. The van der Waals surface area contributed by atoms with Gasteiger partial charge >= 0.3 is 0 Å². The molecule has 12 atom stereocenters. The molecule has 71 heavy (non-hydrogen) atoms. The quantitative estimate of drug-likeness (QED) is 0.0206. The number of carbonyl (C=O) groups excluding carboxylic acids is 1. The molecule has 0 aliphatic carbocycles. The summed E-state index contributed by atoms with van der Waals surface area (Å²) in [6.07, 6.45) is 36.9. The number of allylic oxidation sites excluding steroid dienone is 9. The van der Waals surface area contributed by atoms with E-state index in [-0.39, 0.29) is 18.9 Å². The number of aliphatic hydroxyl groups is 8. The Bertz CT molecular complexity index is 1420. The molecule has 412 valence electrons. The number of unbranched alkanes of at least 4 members (excludes halogenated alkanes) is 22. The monoisotopic (exact) mass is 1010 g/mol. The molecular weight excluding hydrogens is 907 g/mol. The van der Waals surface area contributed by atoms with Crippen LogP contribution in [0.1, 0.15) is 200 Å². The van der Waals surface area contributed by atoms with Crippen LogP contribution in [-0.4, -0.2) is 140 Å². The summed E-state index contributed by atoms with van der Waals surface area (Å²) < 4.78 is 22.7. The van der Waals surface area contributed by atoms with Crippen molar-refractivity contribution in [3.05, 3.63) is 60.8 Å². The van der Waals surface area contributed by atoms with Crippen LogP contribution in [0.5, 0.6) is 0 Å². The minimum Gasteiger partial charge on any atom is -0.394 e. The Morgan fingerprint density at radius 2 is 0.972 bits per heavy atom. The number of aliphatic hydroxyl groups excluding tert-OH is 8. The SMILES string of the molecule is CC/C=C\C/C=C\C/C=C\C/C=C\CCCCC(=O)NC(COC1OC(CO)C(OC2OC(CO)C(O)C(O)C2O)C(O)C1O)C(O)/C=C/CCCCCCCCCCCCCCCCCCCCCC. The van der Waals surface area contributed by atoms with Crippen molar-refractivity contribution in [1.82, 2.24) is 5.32 Å². The summed E-state index contributed by atoms with van der Waals surface area (Å²) in [7, 11) is 0.